The van der Waals surface area contributed by atoms with Crippen LogP contribution in [0.15, 0.2) is 0 Å². The molecule has 0 aromatic rings. The predicted octanol–water partition coefficient (Wildman–Crippen LogP) is 11.6. The molecule has 8 aliphatic heterocycles. The summed E-state index contributed by atoms with van der Waals surface area (Å²) in [6, 6.07) is 0. The van der Waals surface area contributed by atoms with Crippen LogP contribution < -0.4 is 0 Å². The molecule has 0 N–H and O–H groups in total. The van der Waals surface area contributed by atoms with E-state index in [1.807, 2.05) is 0 Å². The number of carbonyl (C=O) groups excluding carboxylic acids is 8. The predicted molar refractivity (Wildman–Crippen MR) is 213 cm³/mol. The largest absolute Gasteiger partial charge is 0.514 e. The Bertz CT molecular complexity index is 2070. The van der Waals surface area contributed by atoms with Crippen LogP contribution in [0.2, 0.25) is 0 Å². The van der Waals surface area contributed by atoms with E-state index in [9.17, 15) is 104 Å². The molecule has 8 saturated heterocycles. The normalized spacial score (nSPS) is 36.3. The molecule has 0 aromatic heterocycles. The van der Waals surface area contributed by atoms with Crippen LogP contribution in [-0.4, -0.2) is 156 Å². The Labute approximate surface area is 441 Å². The fourth-order valence-electron chi connectivity index (χ4n) is 4.52. The lowest BCUT2D eigenvalue weighted by Crippen LogP contribution is -2.43. The maximum atomic E-state index is 12.7. The van der Waals surface area contributed by atoms with Crippen molar-refractivity contribution >= 4 is 72.4 Å². The van der Waals surface area contributed by atoms with Gasteiger partial charge in [-0.3, -0.25) is 0 Å². The molecule has 8 heterocycles. The second-order valence-electron chi connectivity index (χ2n) is 16.3. The summed E-state index contributed by atoms with van der Waals surface area (Å²) >= 11 is 11.3. The van der Waals surface area contributed by atoms with Crippen molar-refractivity contribution in [1.29, 1.82) is 0 Å². The van der Waals surface area contributed by atoms with E-state index in [0.717, 1.165) is 27.7 Å². The van der Waals surface area contributed by atoms with Gasteiger partial charge in [0.25, 0.3) is 30.3 Å². The van der Waals surface area contributed by atoms with Gasteiger partial charge in [0.2, 0.25) is 22.3 Å². The first-order valence-corrected chi connectivity index (χ1v) is 21.7. The van der Waals surface area contributed by atoms with Gasteiger partial charge in [-0.1, -0.05) is 30.1 Å². The van der Waals surface area contributed by atoms with Crippen molar-refractivity contribution in [3.8, 4) is 0 Å². The fourth-order valence-corrected chi connectivity index (χ4v) is 4.72. The average Bonchev–Trinajstić information content (AvgIpc) is 4.05. The molecule has 8 fully saturated rings. The lowest BCUT2D eigenvalue weighted by atomic mass is 10.2. The summed E-state index contributed by atoms with van der Waals surface area (Å²) in [4.78, 5) is 81.0. The molecule has 41 heteroatoms. The lowest BCUT2D eigenvalue weighted by Gasteiger charge is -2.22. The zero-order chi connectivity index (χ0) is 62.3. The summed E-state index contributed by atoms with van der Waals surface area (Å²) in [7, 11) is 0. The molecule has 13 unspecified atom stereocenters. The van der Waals surface area contributed by atoms with Crippen molar-refractivity contribution in [3.05, 3.63) is 0 Å². The molecule has 8 aliphatic rings. The first kappa shape index (κ1) is 70.7. The Morgan fingerprint density at radius 1 is 0.443 bits per heavy atom. The number of hydrogen-bond donors (Lipinski definition) is 0. The van der Waals surface area contributed by atoms with Crippen molar-refractivity contribution in [1.82, 2.24) is 0 Å². The molecule has 24 nitrogen and oxygen atoms in total. The Hall–Kier alpha value is -6.31. The van der Waals surface area contributed by atoms with E-state index in [-0.39, 0.29) is 25.6 Å². The molecule has 0 aromatic carbocycles. The van der Waals surface area contributed by atoms with Crippen LogP contribution in [0.5, 0.6) is 0 Å². The quantitative estimate of drug-likeness (QED) is 0.107. The second kappa shape index (κ2) is 25.4. The SMILES string of the molecule is CC(F)(F)C1OC(=O)OC1(F)F.CC1(Cl)OC(=O)OC1(C)Cl.CC1(F)OC(=O)OC1(C)F.CC1OC(=O)OC1(C)F.CC1OC(=O)OC1(F)F.CC1OC(=O)OC1C.CCC1OC(=O)OC1(F)F.O=C1OC(F)C(C(F)(F)F)O1. The Morgan fingerprint density at radius 2 is 0.810 bits per heavy atom. The highest BCUT2D eigenvalue weighted by Gasteiger charge is 2.64. The number of carbonyl (C=O) groups is 8. The molecule has 0 amide bonds. The van der Waals surface area contributed by atoms with Crippen LogP contribution in [0.3, 0.4) is 0 Å². The second-order valence-corrected chi connectivity index (χ2v) is 17.8. The molecule has 0 saturated carbocycles. The molecular formula is C38H43Cl2F15O24. The van der Waals surface area contributed by atoms with Crippen LogP contribution in [0.1, 0.15) is 82.6 Å². The Kier molecular flexibility index (Phi) is 22.8. The highest BCUT2D eigenvalue weighted by Crippen LogP contribution is 2.43. The van der Waals surface area contributed by atoms with Crippen molar-refractivity contribution in [2.45, 2.75) is 190 Å². The standard InChI is InChI=1S/C5H6Cl2O3.C5H4F4O3.2C5H6F2O3.C5H7FO3.C5H8O3.C4H2F4O3.C4H4F2O3/c1-4(6)5(2,7)10-3(8)9-4;1-4(6,7)2-5(8,9)12-3(10)11-2;1-4(6)5(2,7)10-3(8)9-4;1-2-3-5(6,7)10-4(8)9-3;1-3-5(2,6)9-4(7)8-3;1-3-4(2)8-5(6)7-3;5-2-1(4(6,7)8)10-3(9)11-2;1-2-4(5,6)9-3(7)8-2/h1-2H3;2H,1H3;1-2H3;3H,2H2,1H3;3H,1-2H3;3-4H,1-2H3;1-2H;2H,1H3. The van der Waals surface area contributed by atoms with Crippen molar-refractivity contribution < 1.29 is 180 Å². The molecule has 0 spiro atoms. The van der Waals surface area contributed by atoms with Crippen molar-refractivity contribution in [3.63, 3.8) is 0 Å². The molecular weight excluding hydrogens is 1200 g/mol. The van der Waals surface area contributed by atoms with Gasteiger partial charge in [0, 0.05) is 27.7 Å². The van der Waals surface area contributed by atoms with Crippen molar-refractivity contribution in [2.24, 2.45) is 0 Å². The third-order valence-electron chi connectivity index (χ3n) is 9.56. The van der Waals surface area contributed by atoms with E-state index in [0.29, 0.717) is 0 Å². The minimum atomic E-state index is -4.91. The molecule has 0 bridgehead atoms. The van der Waals surface area contributed by atoms with Crippen LogP contribution >= 0.6 is 23.2 Å². The highest BCUT2D eigenvalue weighted by molar-refractivity contribution is 6.34. The van der Waals surface area contributed by atoms with Gasteiger partial charge >= 0.3 is 85.5 Å². The van der Waals surface area contributed by atoms with Gasteiger partial charge in [0.05, 0.1) is 0 Å². The van der Waals surface area contributed by atoms with E-state index in [2.05, 4.69) is 75.8 Å². The Balaban J connectivity index is 0.000000452. The van der Waals surface area contributed by atoms with Crippen molar-refractivity contribution in [2.75, 3.05) is 0 Å². The monoisotopic (exact) mass is 1240 g/mol. The molecule has 79 heavy (non-hydrogen) atoms. The van der Waals surface area contributed by atoms with Gasteiger partial charge in [-0.15, -0.1) is 0 Å². The van der Waals surface area contributed by atoms with Gasteiger partial charge in [-0.2, -0.15) is 57.1 Å². The average molecular weight is 1240 g/mol. The molecule has 0 aliphatic carbocycles. The van der Waals surface area contributed by atoms with E-state index in [4.69, 9.17) is 23.2 Å². The summed E-state index contributed by atoms with van der Waals surface area (Å²) in [6.07, 6.45) is -37.9. The van der Waals surface area contributed by atoms with Gasteiger partial charge in [0.15, 0.2) is 6.10 Å². The number of alkyl halides is 17. The minimum absolute atomic E-state index is 0.0543. The van der Waals surface area contributed by atoms with Crippen LogP contribution in [0.25, 0.3) is 0 Å². The smallest absolute Gasteiger partial charge is 0.427 e. The first-order chi connectivity index (χ1) is 35.1. The number of hydrogen-bond acceptors (Lipinski definition) is 24. The third-order valence-corrected chi connectivity index (χ3v) is 10.5. The minimum Gasteiger partial charge on any atom is -0.427 e. The molecule has 13 atom stereocenters. The maximum Gasteiger partial charge on any atom is 0.514 e. The van der Waals surface area contributed by atoms with Crippen LogP contribution in [0.4, 0.5) is 104 Å². The van der Waals surface area contributed by atoms with Gasteiger partial charge in [0.1, 0.15) is 12.2 Å². The Morgan fingerprint density at radius 3 is 0.949 bits per heavy atom. The van der Waals surface area contributed by atoms with Crippen LogP contribution in [-0.2, 0) is 75.8 Å². The number of ether oxygens (including phenoxy) is 16. The molecule has 8 rings (SSSR count). The van der Waals surface area contributed by atoms with Gasteiger partial charge < -0.3 is 75.8 Å². The topological polar surface area (TPSA) is 284 Å². The fraction of sp³-hybridized carbons (Fsp3) is 0.789. The molecule has 458 valence electrons. The lowest BCUT2D eigenvalue weighted by molar-refractivity contribution is -0.246. The highest BCUT2D eigenvalue weighted by atomic mass is 35.5. The third kappa shape index (κ3) is 20.7. The molecule has 0 radical (unpaired) electrons. The van der Waals surface area contributed by atoms with Gasteiger partial charge in [-0.25, -0.2) is 47.1 Å². The summed E-state index contributed by atoms with van der Waals surface area (Å²) in [5.41, 5.74) is 0. The van der Waals surface area contributed by atoms with E-state index < -0.39 is 144 Å². The number of halogens is 17. The zero-order valence-corrected chi connectivity index (χ0v) is 43.1. The van der Waals surface area contributed by atoms with Gasteiger partial charge in [-0.05, 0) is 48.0 Å². The van der Waals surface area contributed by atoms with Crippen LogP contribution in [0, 0.1) is 0 Å². The zero-order valence-electron chi connectivity index (χ0n) is 41.5. The summed E-state index contributed by atoms with van der Waals surface area (Å²) in [5, 5.41) is -2.54. The summed E-state index contributed by atoms with van der Waals surface area (Å²) in [5.74, 6) is -11.1. The summed E-state index contributed by atoms with van der Waals surface area (Å²) in [6.45, 7) is 13.5. The van der Waals surface area contributed by atoms with E-state index >= 15 is 0 Å². The van der Waals surface area contributed by atoms with E-state index in [1.54, 1.807) is 13.8 Å². The maximum absolute atomic E-state index is 12.7. The number of cyclic esters (lactones) is 16. The first-order valence-electron chi connectivity index (χ1n) is 21.0. The number of rotatable bonds is 2. The van der Waals surface area contributed by atoms with E-state index in [1.165, 1.54) is 27.7 Å². The summed E-state index contributed by atoms with van der Waals surface area (Å²) < 4.78 is 246.